The van der Waals surface area contributed by atoms with Gasteiger partial charge < -0.3 is 19.9 Å². The van der Waals surface area contributed by atoms with Gasteiger partial charge in [0.05, 0.1) is 6.10 Å². The maximum atomic E-state index is 12.0. The van der Waals surface area contributed by atoms with Crippen molar-refractivity contribution in [2.24, 2.45) is 0 Å². The molecule has 0 radical (unpaired) electrons. The van der Waals surface area contributed by atoms with E-state index in [1.807, 2.05) is 0 Å². The van der Waals surface area contributed by atoms with Gasteiger partial charge in [0.15, 0.2) is 6.61 Å². The van der Waals surface area contributed by atoms with E-state index in [4.69, 9.17) is 14.6 Å². The number of nitrogens with one attached hydrogen (secondary N) is 1. The molecule has 1 aromatic carbocycles. The summed E-state index contributed by atoms with van der Waals surface area (Å²) in [7, 11) is 0. The molecule has 1 heterocycles. The Morgan fingerprint density at radius 1 is 1.43 bits per heavy atom. The summed E-state index contributed by atoms with van der Waals surface area (Å²) < 4.78 is 10.5. The van der Waals surface area contributed by atoms with Crippen LogP contribution in [-0.2, 0) is 9.53 Å². The molecule has 1 fully saturated rings. The van der Waals surface area contributed by atoms with Crippen LogP contribution in [0, 0.1) is 0 Å². The smallest absolute Gasteiger partial charge is 0.341 e. The number of ether oxygens (including phenoxy) is 2. The Bertz CT molecular complexity index is 497. The van der Waals surface area contributed by atoms with E-state index in [1.54, 1.807) is 18.2 Å². The standard InChI is InChI=1S/C15H19NO5/c17-14(18)10-21-13-4-1-3-11(9-13)15(19)16-7-6-12-5-2-8-20-12/h1,3-4,9,12H,2,5-8,10H2,(H,16,19)(H,17,18)/t12-/m1/s1. The summed E-state index contributed by atoms with van der Waals surface area (Å²) in [6.45, 7) is 0.940. The Balaban J connectivity index is 1.80. The van der Waals surface area contributed by atoms with Crippen molar-refractivity contribution in [2.75, 3.05) is 19.8 Å². The van der Waals surface area contributed by atoms with E-state index in [0.717, 1.165) is 25.9 Å². The van der Waals surface area contributed by atoms with Crippen LogP contribution in [0.5, 0.6) is 5.75 Å². The fourth-order valence-corrected chi connectivity index (χ4v) is 2.19. The lowest BCUT2D eigenvalue weighted by molar-refractivity contribution is -0.139. The molecule has 6 heteroatoms. The second-order valence-corrected chi connectivity index (χ2v) is 4.89. The molecule has 0 saturated carbocycles. The SMILES string of the molecule is O=C(O)COc1cccc(C(=O)NCC[C@H]2CCCO2)c1. The molecule has 2 N–H and O–H groups in total. The summed E-state index contributed by atoms with van der Waals surface area (Å²) in [5.41, 5.74) is 0.449. The molecule has 0 spiro atoms. The van der Waals surface area contributed by atoms with E-state index in [-0.39, 0.29) is 12.0 Å². The van der Waals surface area contributed by atoms with Crippen LogP contribution >= 0.6 is 0 Å². The van der Waals surface area contributed by atoms with Gasteiger partial charge in [0, 0.05) is 18.7 Å². The number of hydrogen-bond donors (Lipinski definition) is 2. The van der Waals surface area contributed by atoms with Crippen LogP contribution in [0.15, 0.2) is 24.3 Å². The van der Waals surface area contributed by atoms with Crippen LogP contribution in [0.2, 0.25) is 0 Å². The third kappa shape index (κ3) is 5.07. The molecule has 0 bridgehead atoms. The second-order valence-electron chi connectivity index (χ2n) is 4.89. The first-order chi connectivity index (χ1) is 10.1. The number of hydrogen-bond acceptors (Lipinski definition) is 4. The highest BCUT2D eigenvalue weighted by atomic mass is 16.5. The van der Waals surface area contributed by atoms with Crippen molar-refractivity contribution < 1.29 is 24.2 Å². The Morgan fingerprint density at radius 3 is 3.00 bits per heavy atom. The molecule has 1 aromatic rings. The molecular weight excluding hydrogens is 274 g/mol. The molecule has 0 unspecified atom stereocenters. The maximum Gasteiger partial charge on any atom is 0.341 e. The van der Waals surface area contributed by atoms with E-state index in [9.17, 15) is 9.59 Å². The number of carbonyl (C=O) groups excluding carboxylic acids is 1. The zero-order chi connectivity index (χ0) is 15.1. The summed E-state index contributed by atoms with van der Waals surface area (Å²) in [5, 5.41) is 11.4. The van der Waals surface area contributed by atoms with Gasteiger partial charge in [-0.15, -0.1) is 0 Å². The lowest BCUT2D eigenvalue weighted by atomic mass is 10.1. The molecule has 1 aliphatic heterocycles. The van der Waals surface area contributed by atoms with Crippen LogP contribution in [-0.4, -0.2) is 42.8 Å². The number of carboxylic acid groups (broad SMARTS) is 1. The number of aliphatic carboxylic acids is 1. The van der Waals surface area contributed by atoms with Crippen molar-refractivity contribution in [1.82, 2.24) is 5.32 Å². The lowest BCUT2D eigenvalue weighted by Gasteiger charge is -2.10. The molecule has 21 heavy (non-hydrogen) atoms. The number of amides is 1. The van der Waals surface area contributed by atoms with Crippen molar-refractivity contribution in [1.29, 1.82) is 0 Å². The number of carbonyl (C=O) groups is 2. The van der Waals surface area contributed by atoms with E-state index < -0.39 is 12.6 Å². The minimum Gasteiger partial charge on any atom is -0.482 e. The van der Waals surface area contributed by atoms with Crippen molar-refractivity contribution in [2.45, 2.75) is 25.4 Å². The lowest BCUT2D eigenvalue weighted by Crippen LogP contribution is -2.27. The predicted molar refractivity (Wildman–Crippen MR) is 75.5 cm³/mol. The van der Waals surface area contributed by atoms with Crippen LogP contribution in [0.3, 0.4) is 0 Å². The van der Waals surface area contributed by atoms with Gasteiger partial charge in [-0.2, -0.15) is 0 Å². The fourth-order valence-electron chi connectivity index (χ4n) is 2.19. The van der Waals surface area contributed by atoms with Gasteiger partial charge in [0.2, 0.25) is 0 Å². The highest BCUT2D eigenvalue weighted by Gasteiger charge is 2.15. The number of carboxylic acids is 1. The van der Waals surface area contributed by atoms with Crippen molar-refractivity contribution >= 4 is 11.9 Å². The van der Waals surface area contributed by atoms with Gasteiger partial charge >= 0.3 is 5.97 Å². The minimum absolute atomic E-state index is 0.200. The highest BCUT2D eigenvalue weighted by Crippen LogP contribution is 2.15. The third-order valence-electron chi connectivity index (χ3n) is 3.23. The molecule has 114 valence electrons. The Labute approximate surface area is 123 Å². The quantitative estimate of drug-likeness (QED) is 0.795. The summed E-state index contributed by atoms with van der Waals surface area (Å²) >= 11 is 0. The van der Waals surface area contributed by atoms with Crippen LogP contribution in [0.25, 0.3) is 0 Å². The normalized spacial score (nSPS) is 17.4. The monoisotopic (exact) mass is 293 g/mol. The molecule has 1 atom stereocenters. The van der Waals surface area contributed by atoms with E-state index in [1.165, 1.54) is 6.07 Å². The first-order valence-electron chi connectivity index (χ1n) is 6.99. The molecular formula is C15H19NO5. The van der Waals surface area contributed by atoms with Gasteiger partial charge in [0.25, 0.3) is 5.91 Å². The van der Waals surface area contributed by atoms with Crippen molar-refractivity contribution in [3.05, 3.63) is 29.8 Å². The van der Waals surface area contributed by atoms with E-state index >= 15 is 0 Å². The maximum absolute atomic E-state index is 12.0. The van der Waals surface area contributed by atoms with Gasteiger partial charge in [-0.05, 0) is 37.5 Å². The average molecular weight is 293 g/mol. The third-order valence-corrected chi connectivity index (χ3v) is 3.23. The molecule has 6 nitrogen and oxygen atoms in total. The zero-order valence-electron chi connectivity index (χ0n) is 11.7. The second kappa shape index (κ2) is 7.64. The van der Waals surface area contributed by atoms with Crippen molar-refractivity contribution in [3.63, 3.8) is 0 Å². The number of rotatable bonds is 7. The summed E-state index contributed by atoms with van der Waals surface area (Å²) in [5.74, 6) is -0.889. The first kappa shape index (κ1) is 15.3. The topological polar surface area (TPSA) is 84.9 Å². The van der Waals surface area contributed by atoms with Crippen LogP contribution < -0.4 is 10.1 Å². The predicted octanol–water partition coefficient (Wildman–Crippen LogP) is 1.45. The molecule has 1 saturated heterocycles. The molecule has 0 aromatic heterocycles. The molecule has 2 rings (SSSR count). The van der Waals surface area contributed by atoms with E-state index in [2.05, 4.69) is 5.32 Å². The van der Waals surface area contributed by atoms with Gasteiger partial charge in [-0.1, -0.05) is 6.07 Å². The van der Waals surface area contributed by atoms with E-state index in [0.29, 0.717) is 17.9 Å². The van der Waals surface area contributed by atoms with Gasteiger partial charge in [0.1, 0.15) is 5.75 Å². The summed E-state index contributed by atoms with van der Waals surface area (Å²) in [6, 6.07) is 6.47. The largest absolute Gasteiger partial charge is 0.482 e. The number of benzene rings is 1. The first-order valence-corrected chi connectivity index (χ1v) is 6.99. The molecule has 0 aliphatic carbocycles. The van der Waals surface area contributed by atoms with Gasteiger partial charge in [-0.3, -0.25) is 4.79 Å². The summed E-state index contributed by atoms with van der Waals surface area (Å²) in [6.07, 6.45) is 3.19. The fraction of sp³-hybridized carbons (Fsp3) is 0.467. The minimum atomic E-state index is -1.05. The molecule has 1 amide bonds. The van der Waals surface area contributed by atoms with Gasteiger partial charge in [-0.25, -0.2) is 4.79 Å². The zero-order valence-corrected chi connectivity index (χ0v) is 11.7. The highest BCUT2D eigenvalue weighted by molar-refractivity contribution is 5.94. The summed E-state index contributed by atoms with van der Waals surface area (Å²) in [4.78, 5) is 22.4. The Kier molecular flexibility index (Phi) is 5.57. The Morgan fingerprint density at radius 2 is 2.29 bits per heavy atom. The van der Waals surface area contributed by atoms with Crippen molar-refractivity contribution in [3.8, 4) is 5.75 Å². The Hall–Kier alpha value is -2.08. The van der Waals surface area contributed by atoms with Crippen LogP contribution in [0.1, 0.15) is 29.6 Å². The van der Waals surface area contributed by atoms with Crippen LogP contribution in [0.4, 0.5) is 0 Å². The average Bonchev–Trinajstić information content (AvgIpc) is 2.98. The molecule has 1 aliphatic rings.